The van der Waals surface area contributed by atoms with Crippen LogP contribution in [0.5, 0.6) is 11.5 Å². The molecule has 0 bridgehead atoms. The third kappa shape index (κ3) is 4.13. The zero-order valence-electron chi connectivity index (χ0n) is 17.4. The normalized spacial score (nSPS) is 15.3. The molecule has 1 heterocycles. The van der Waals surface area contributed by atoms with Gasteiger partial charge in [0.25, 0.3) is 5.91 Å². The van der Waals surface area contributed by atoms with Crippen LogP contribution in [-0.2, 0) is 0 Å². The standard InChI is InChI=1S/C23H22F2N2O3/c1-13-9-10-15(14(2)11-13)17(12-26)20(22(3,4)5)27-21(28)16-7-6-8-18-19(16)30-23(24,25)29-18/h6-11H,1-5H3,(H,27,28)/b20-17-. The summed E-state index contributed by atoms with van der Waals surface area (Å²) >= 11 is 0. The van der Waals surface area contributed by atoms with Crippen molar-refractivity contribution in [2.45, 2.75) is 40.9 Å². The van der Waals surface area contributed by atoms with E-state index in [0.29, 0.717) is 16.8 Å². The molecule has 0 fully saturated rings. The fourth-order valence-electron chi connectivity index (χ4n) is 3.30. The fourth-order valence-corrected chi connectivity index (χ4v) is 3.30. The number of benzene rings is 2. The zero-order chi connectivity index (χ0) is 22.3. The number of alkyl halides is 2. The number of nitriles is 1. The molecule has 0 saturated carbocycles. The van der Waals surface area contributed by atoms with Crippen LogP contribution in [0.4, 0.5) is 8.78 Å². The smallest absolute Gasteiger partial charge is 0.395 e. The van der Waals surface area contributed by atoms with Crippen molar-refractivity contribution in [3.63, 3.8) is 0 Å². The molecular formula is C23H22F2N2O3. The van der Waals surface area contributed by atoms with E-state index in [-0.39, 0.29) is 17.1 Å². The number of nitrogens with one attached hydrogen (secondary N) is 1. The van der Waals surface area contributed by atoms with Crippen LogP contribution in [0.15, 0.2) is 42.1 Å². The Labute approximate surface area is 173 Å². The number of hydrogen-bond acceptors (Lipinski definition) is 4. The maximum atomic E-state index is 13.5. The van der Waals surface area contributed by atoms with Crippen LogP contribution in [0.25, 0.3) is 5.57 Å². The Kier molecular flexibility index (Phi) is 5.29. The molecule has 30 heavy (non-hydrogen) atoms. The first-order valence-electron chi connectivity index (χ1n) is 9.35. The van der Waals surface area contributed by atoms with Crippen molar-refractivity contribution in [3.05, 3.63) is 64.3 Å². The van der Waals surface area contributed by atoms with Gasteiger partial charge in [0.1, 0.15) is 6.07 Å². The predicted octanol–water partition coefficient (Wildman–Crippen LogP) is 5.34. The summed E-state index contributed by atoms with van der Waals surface area (Å²) in [6.07, 6.45) is -3.84. The van der Waals surface area contributed by atoms with Gasteiger partial charge in [-0.3, -0.25) is 4.79 Å². The summed E-state index contributed by atoms with van der Waals surface area (Å²) in [4.78, 5) is 13.0. The van der Waals surface area contributed by atoms with E-state index in [2.05, 4.69) is 20.9 Å². The van der Waals surface area contributed by atoms with Gasteiger partial charge < -0.3 is 14.8 Å². The number of allylic oxidation sites excluding steroid dienone is 2. The lowest BCUT2D eigenvalue weighted by Gasteiger charge is -2.26. The number of ether oxygens (including phenoxy) is 2. The maximum absolute atomic E-state index is 13.5. The van der Waals surface area contributed by atoms with Crippen molar-refractivity contribution in [1.82, 2.24) is 5.32 Å². The molecule has 2 aromatic carbocycles. The number of amides is 1. The number of carbonyl (C=O) groups is 1. The summed E-state index contributed by atoms with van der Waals surface area (Å²) in [7, 11) is 0. The molecule has 0 atom stereocenters. The Morgan fingerprint density at radius 2 is 1.80 bits per heavy atom. The van der Waals surface area contributed by atoms with Crippen LogP contribution < -0.4 is 14.8 Å². The largest absolute Gasteiger partial charge is 0.586 e. The lowest BCUT2D eigenvalue weighted by Crippen LogP contribution is -2.32. The van der Waals surface area contributed by atoms with Crippen LogP contribution >= 0.6 is 0 Å². The van der Waals surface area contributed by atoms with Gasteiger partial charge in [-0.15, -0.1) is 8.78 Å². The predicted molar refractivity (Wildman–Crippen MR) is 108 cm³/mol. The number of rotatable bonds is 3. The first-order chi connectivity index (χ1) is 13.9. The van der Waals surface area contributed by atoms with Gasteiger partial charge in [0.2, 0.25) is 0 Å². The third-order valence-electron chi connectivity index (χ3n) is 4.67. The van der Waals surface area contributed by atoms with Gasteiger partial charge in [-0.25, -0.2) is 0 Å². The number of carbonyl (C=O) groups excluding carboxylic acids is 1. The molecule has 156 valence electrons. The van der Waals surface area contributed by atoms with Crippen molar-refractivity contribution in [3.8, 4) is 17.6 Å². The molecule has 1 aliphatic rings. The zero-order valence-corrected chi connectivity index (χ0v) is 17.4. The van der Waals surface area contributed by atoms with Gasteiger partial charge in [0.15, 0.2) is 11.5 Å². The van der Waals surface area contributed by atoms with Crippen molar-refractivity contribution >= 4 is 11.5 Å². The molecule has 3 rings (SSSR count). The van der Waals surface area contributed by atoms with Gasteiger partial charge in [0, 0.05) is 11.1 Å². The highest BCUT2D eigenvalue weighted by atomic mass is 19.3. The minimum absolute atomic E-state index is 0.107. The Balaban J connectivity index is 2.08. The molecule has 0 aromatic heterocycles. The average molecular weight is 412 g/mol. The summed E-state index contributed by atoms with van der Waals surface area (Å²) in [5.41, 5.74) is 2.60. The summed E-state index contributed by atoms with van der Waals surface area (Å²) in [6.45, 7) is 9.40. The lowest BCUT2D eigenvalue weighted by molar-refractivity contribution is -0.286. The number of fused-ring (bicyclic) bond motifs is 1. The van der Waals surface area contributed by atoms with Crippen LogP contribution in [0.2, 0.25) is 0 Å². The second kappa shape index (κ2) is 7.45. The quantitative estimate of drug-likeness (QED) is 0.691. The summed E-state index contributed by atoms with van der Waals surface area (Å²) in [6, 6.07) is 12.0. The second-order valence-corrected chi connectivity index (χ2v) is 8.18. The van der Waals surface area contributed by atoms with Crippen LogP contribution in [-0.4, -0.2) is 12.2 Å². The summed E-state index contributed by atoms with van der Waals surface area (Å²) in [5, 5.41) is 12.7. The average Bonchev–Trinajstić information content (AvgIpc) is 2.95. The Hall–Kier alpha value is -3.40. The summed E-state index contributed by atoms with van der Waals surface area (Å²) < 4.78 is 35.9. The van der Waals surface area contributed by atoms with Crippen LogP contribution in [0.3, 0.4) is 0 Å². The Morgan fingerprint density at radius 1 is 1.10 bits per heavy atom. The van der Waals surface area contributed by atoms with E-state index in [1.165, 1.54) is 18.2 Å². The first-order valence-corrected chi connectivity index (χ1v) is 9.35. The SMILES string of the molecule is Cc1ccc(/C(C#N)=C(\NC(=O)c2cccc3c2OC(F)(F)O3)C(C)(C)C)c(C)c1. The molecule has 1 aliphatic heterocycles. The number of halogens is 2. The molecule has 0 spiro atoms. The molecule has 1 amide bonds. The highest BCUT2D eigenvalue weighted by Gasteiger charge is 2.45. The molecule has 2 aromatic rings. The van der Waals surface area contributed by atoms with Gasteiger partial charge in [-0.05, 0) is 37.1 Å². The van der Waals surface area contributed by atoms with Crippen molar-refractivity contribution in [2.24, 2.45) is 5.41 Å². The highest BCUT2D eigenvalue weighted by Crippen LogP contribution is 2.43. The molecule has 7 heteroatoms. The number of nitrogens with zero attached hydrogens (tertiary/aromatic N) is 1. The van der Waals surface area contributed by atoms with E-state index >= 15 is 0 Å². The second-order valence-electron chi connectivity index (χ2n) is 8.18. The van der Waals surface area contributed by atoms with Crippen molar-refractivity contribution in [1.29, 1.82) is 5.26 Å². The topological polar surface area (TPSA) is 71.4 Å². The molecule has 5 nitrogen and oxygen atoms in total. The number of aryl methyl sites for hydroxylation is 2. The van der Waals surface area contributed by atoms with E-state index < -0.39 is 17.6 Å². The van der Waals surface area contributed by atoms with Crippen LogP contribution in [0, 0.1) is 30.6 Å². The minimum Gasteiger partial charge on any atom is -0.395 e. The summed E-state index contributed by atoms with van der Waals surface area (Å²) in [5.74, 6) is -1.22. The molecule has 1 N–H and O–H groups in total. The van der Waals surface area contributed by atoms with Gasteiger partial charge in [-0.2, -0.15) is 5.26 Å². The van der Waals surface area contributed by atoms with E-state index in [0.717, 1.165) is 11.1 Å². The van der Waals surface area contributed by atoms with E-state index in [1.54, 1.807) is 0 Å². The molecule has 0 aliphatic carbocycles. The van der Waals surface area contributed by atoms with Crippen molar-refractivity contribution in [2.75, 3.05) is 0 Å². The molecule has 0 saturated heterocycles. The maximum Gasteiger partial charge on any atom is 0.586 e. The van der Waals surface area contributed by atoms with E-state index in [4.69, 9.17) is 0 Å². The molecular weight excluding hydrogens is 390 g/mol. The van der Waals surface area contributed by atoms with E-state index in [9.17, 15) is 18.8 Å². The third-order valence-corrected chi connectivity index (χ3v) is 4.67. The Morgan fingerprint density at radius 3 is 2.40 bits per heavy atom. The van der Waals surface area contributed by atoms with Gasteiger partial charge in [-0.1, -0.05) is 50.6 Å². The van der Waals surface area contributed by atoms with Crippen LogP contribution in [0.1, 0.15) is 47.8 Å². The number of hydrogen-bond donors (Lipinski definition) is 1. The molecule has 0 radical (unpaired) electrons. The monoisotopic (exact) mass is 412 g/mol. The van der Waals surface area contributed by atoms with Gasteiger partial charge in [0.05, 0.1) is 11.1 Å². The highest BCUT2D eigenvalue weighted by molar-refractivity contribution is 6.00. The molecule has 0 unspecified atom stereocenters. The lowest BCUT2D eigenvalue weighted by atomic mass is 9.85. The first kappa shape index (κ1) is 21.3. The minimum atomic E-state index is -3.84. The number of para-hydroxylation sites is 1. The van der Waals surface area contributed by atoms with E-state index in [1.807, 2.05) is 52.8 Å². The Bertz CT molecular complexity index is 1090. The fraction of sp³-hybridized carbons (Fsp3) is 0.304. The van der Waals surface area contributed by atoms with Crippen molar-refractivity contribution < 1.29 is 23.0 Å². The van der Waals surface area contributed by atoms with Gasteiger partial charge >= 0.3 is 6.29 Å².